The Hall–Kier alpha value is -1.02. The fourth-order valence-corrected chi connectivity index (χ4v) is 2.99. The van der Waals surface area contributed by atoms with Crippen LogP contribution in [-0.2, 0) is 4.74 Å². The van der Waals surface area contributed by atoms with E-state index in [0.29, 0.717) is 11.8 Å². The number of halogens is 2. The fourth-order valence-electron chi connectivity index (χ4n) is 2.74. The van der Waals surface area contributed by atoms with Crippen molar-refractivity contribution in [2.45, 2.75) is 17.9 Å². The third kappa shape index (κ3) is 2.51. The van der Waals surface area contributed by atoms with E-state index in [4.69, 9.17) is 27.9 Å². The number of hydrogen-bond donors (Lipinski definition) is 0. The minimum Gasteiger partial charge on any atom is -0.380 e. The summed E-state index contributed by atoms with van der Waals surface area (Å²) >= 11 is 11.9. The highest BCUT2D eigenvalue weighted by Gasteiger charge is 2.52. The Bertz CT molecular complexity index is 511. The minimum absolute atomic E-state index is 0.238. The molecular weight excluding hydrogens is 279 g/mol. The van der Waals surface area contributed by atoms with Crippen molar-refractivity contribution in [2.75, 3.05) is 7.11 Å². The van der Waals surface area contributed by atoms with Crippen molar-refractivity contribution >= 4 is 23.2 Å². The fraction of sp³-hybridized carbons (Fsp3) is 0.250. The summed E-state index contributed by atoms with van der Waals surface area (Å²) in [6, 6.07) is 16.0. The van der Waals surface area contributed by atoms with Crippen molar-refractivity contribution in [3.63, 3.8) is 0 Å². The Labute approximate surface area is 123 Å². The molecule has 0 N–H and O–H groups in total. The Morgan fingerprint density at radius 3 is 1.42 bits per heavy atom. The smallest absolute Gasteiger partial charge is 0.0721 e. The van der Waals surface area contributed by atoms with Gasteiger partial charge < -0.3 is 4.74 Å². The molecule has 98 valence electrons. The number of benzene rings is 2. The predicted octanol–water partition coefficient (Wildman–Crippen LogP) is 4.89. The van der Waals surface area contributed by atoms with E-state index in [0.717, 1.165) is 10.0 Å². The lowest BCUT2D eigenvalue weighted by Crippen LogP contribution is -1.91. The van der Waals surface area contributed by atoms with Crippen LogP contribution in [-0.4, -0.2) is 13.2 Å². The van der Waals surface area contributed by atoms with Gasteiger partial charge in [0, 0.05) is 29.0 Å². The van der Waals surface area contributed by atoms with E-state index in [1.165, 1.54) is 11.1 Å². The van der Waals surface area contributed by atoms with Gasteiger partial charge in [-0.25, -0.2) is 0 Å². The number of hydrogen-bond acceptors (Lipinski definition) is 1. The second-order valence-corrected chi connectivity index (χ2v) is 5.73. The van der Waals surface area contributed by atoms with E-state index in [1.54, 1.807) is 7.11 Å². The van der Waals surface area contributed by atoms with Crippen molar-refractivity contribution in [2.24, 2.45) is 0 Å². The molecule has 3 heteroatoms. The van der Waals surface area contributed by atoms with Crippen molar-refractivity contribution in [1.29, 1.82) is 0 Å². The zero-order chi connectivity index (χ0) is 13.4. The van der Waals surface area contributed by atoms with E-state index < -0.39 is 0 Å². The Morgan fingerprint density at radius 2 is 1.11 bits per heavy atom. The topological polar surface area (TPSA) is 9.23 Å². The van der Waals surface area contributed by atoms with E-state index in [2.05, 4.69) is 24.3 Å². The quantitative estimate of drug-likeness (QED) is 0.783. The van der Waals surface area contributed by atoms with Gasteiger partial charge in [0.2, 0.25) is 0 Å². The van der Waals surface area contributed by atoms with Gasteiger partial charge in [-0.1, -0.05) is 47.5 Å². The van der Waals surface area contributed by atoms with Crippen LogP contribution in [0, 0.1) is 0 Å². The molecule has 2 atom stereocenters. The highest BCUT2D eigenvalue weighted by Crippen LogP contribution is 2.56. The van der Waals surface area contributed by atoms with Gasteiger partial charge >= 0.3 is 0 Å². The van der Waals surface area contributed by atoms with Crippen LogP contribution in [0.1, 0.15) is 23.0 Å². The normalized spacial score (nSPS) is 25.3. The van der Waals surface area contributed by atoms with Crippen molar-refractivity contribution in [1.82, 2.24) is 0 Å². The molecular formula is C16H14Cl2O. The van der Waals surface area contributed by atoms with Crippen LogP contribution in [0.25, 0.3) is 0 Å². The average molecular weight is 293 g/mol. The second kappa shape index (κ2) is 5.16. The summed E-state index contributed by atoms with van der Waals surface area (Å²) < 4.78 is 5.59. The van der Waals surface area contributed by atoms with Gasteiger partial charge in [0.15, 0.2) is 0 Å². The predicted molar refractivity (Wildman–Crippen MR) is 79.2 cm³/mol. The minimum atomic E-state index is 0.238. The average Bonchev–Trinajstić information content (AvgIpc) is 3.15. The first-order valence-electron chi connectivity index (χ1n) is 6.24. The monoisotopic (exact) mass is 292 g/mol. The molecule has 2 aromatic rings. The molecule has 0 aromatic heterocycles. The van der Waals surface area contributed by atoms with Crippen molar-refractivity contribution in [3.8, 4) is 0 Å². The molecule has 1 fully saturated rings. The van der Waals surface area contributed by atoms with Gasteiger partial charge in [0.25, 0.3) is 0 Å². The van der Waals surface area contributed by atoms with Crippen molar-refractivity contribution in [3.05, 3.63) is 69.7 Å². The van der Waals surface area contributed by atoms with Gasteiger partial charge in [-0.05, 0) is 35.4 Å². The maximum absolute atomic E-state index is 5.93. The lowest BCUT2D eigenvalue weighted by molar-refractivity contribution is 0.173. The first-order chi connectivity index (χ1) is 9.20. The number of ether oxygens (including phenoxy) is 1. The number of methoxy groups -OCH3 is 1. The van der Waals surface area contributed by atoms with Crippen LogP contribution in [0.15, 0.2) is 48.5 Å². The summed E-state index contributed by atoms with van der Waals surface area (Å²) in [5.74, 6) is 0.812. The van der Waals surface area contributed by atoms with E-state index in [9.17, 15) is 0 Å². The molecule has 0 unspecified atom stereocenters. The summed E-state index contributed by atoms with van der Waals surface area (Å²) in [4.78, 5) is 0. The Balaban J connectivity index is 1.87. The zero-order valence-corrected chi connectivity index (χ0v) is 12.0. The molecule has 0 saturated heterocycles. The lowest BCUT2D eigenvalue weighted by Gasteiger charge is -2.01. The summed E-state index contributed by atoms with van der Waals surface area (Å²) in [6.45, 7) is 0. The largest absolute Gasteiger partial charge is 0.380 e. The molecule has 19 heavy (non-hydrogen) atoms. The zero-order valence-electron chi connectivity index (χ0n) is 10.5. The maximum atomic E-state index is 5.93. The molecule has 1 nitrogen and oxygen atoms in total. The van der Waals surface area contributed by atoms with Crippen molar-refractivity contribution < 1.29 is 4.74 Å². The first-order valence-corrected chi connectivity index (χ1v) is 7.00. The second-order valence-electron chi connectivity index (χ2n) is 4.85. The molecule has 0 amide bonds. The summed E-state index contributed by atoms with van der Waals surface area (Å²) in [7, 11) is 1.77. The first kappa shape index (κ1) is 13.0. The van der Waals surface area contributed by atoms with Gasteiger partial charge in [0.1, 0.15) is 0 Å². The van der Waals surface area contributed by atoms with E-state index >= 15 is 0 Å². The third-order valence-corrected chi connectivity index (χ3v) is 4.24. The lowest BCUT2D eigenvalue weighted by atomic mass is 10.0. The van der Waals surface area contributed by atoms with Gasteiger partial charge in [-0.2, -0.15) is 0 Å². The SMILES string of the molecule is COC1[C@@H](c2ccc(Cl)cc2)[C@@H]1c1ccc(Cl)cc1. The van der Waals surface area contributed by atoms with Crippen LogP contribution in [0.2, 0.25) is 10.0 Å². The van der Waals surface area contributed by atoms with Gasteiger partial charge in [0.05, 0.1) is 6.10 Å². The number of rotatable bonds is 3. The molecule has 2 aromatic carbocycles. The van der Waals surface area contributed by atoms with E-state index in [1.807, 2.05) is 24.3 Å². The highest BCUT2D eigenvalue weighted by molar-refractivity contribution is 6.30. The molecule has 1 aliphatic rings. The highest BCUT2D eigenvalue weighted by atomic mass is 35.5. The molecule has 1 aliphatic carbocycles. The summed E-state index contributed by atoms with van der Waals surface area (Å²) in [5, 5.41) is 1.53. The Morgan fingerprint density at radius 1 is 0.737 bits per heavy atom. The van der Waals surface area contributed by atoms with Crippen LogP contribution in [0.4, 0.5) is 0 Å². The van der Waals surface area contributed by atoms with Crippen LogP contribution < -0.4 is 0 Å². The molecule has 0 aliphatic heterocycles. The summed E-state index contributed by atoms with van der Waals surface area (Å²) in [5.41, 5.74) is 2.55. The van der Waals surface area contributed by atoms with Crippen LogP contribution in [0.5, 0.6) is 0 Å². The molecule has 0 radical (unpaired) electrons. The molecule has 0 spiro atoms. The summed E-state index contributed by atoms with van der Waals surface area (Å²) in [6.07, 6.45) is 0.238. The molecule has 0 heterocycles. The third-order valence-electron chi connectivity index (χ3n) is 3.74. The standard InChI is InChI=1S/C16H14Cl2O/c1-19-16-14(10-2-6-12(17)7-3-10)15(16)11-4-8-13(18)9-5-11/h2-9,14-16H,1H3/t14-,15-/m0/s1. The maximum Gasteiger partial charge on any atom is 0.0721 e. The molecule has 1 saturated carbocycles. The molecule has 3 rings (SSSR count). The van der Waals surface area contributed by atoms with Crippen LogP contribution >= 0.6 is 23.2 Å². The van der Waals surface area contributed by atoms with Gasteiger partial charge in [-0.15, -0.1) is 0 Å². The van der Waals surface area contributed by atoms with E-state index in [-0.39, 0.29) is 6.10 Å². The van der Waals surface area contributed by atoms with Gasteiger partial charge in [-0.3, -0.25) is 0 Å². The van der Waals surface area contributed by atoms with Crippen LogP contribution in [0.3, 0.4) is 0 Å². The Kier molecular flexibility index (Phi) is 3.53. The molecule has 0 bridgehead atoms.